The predicted octanol–water partition coefficient (Wildman–Crippen LogP) is 0.981. The molecule has 1 aromatic rings. The zero-order chi connectivity index (χ0) is 12.3. The van der Waals surface area contributed by atoms with Crippen molar-refractivity contribution in [2.75, 3.05) is 0 Å². The zero-order valence-electron chi connectivity index (χ0n) is 10.1. The van der Waals surface area contributed by atoms with Gasteiger partial charge >= 0.3 is 0 Å². The SMILES string of the molecule is CCc1nc(OC2CCCCC2N)cc(=O)[nH]1. The van der Waals surface area contributed by atoms with E-state index in [0.29, 0.717) is 18.1 Å². The number of ether oxygens (including phenoxy) is 1. The molecule has 0 aliphatic heterocycles. The Labute approximate surface area is 100 Å². The van der Waals surface area contributed by atoms with Crippen molar-refractivity contribution in [3.05, 3.63) is 22.2 Å². The van der Waals surface area contributed by atoms with Crippen molar-refractivity contribution in [3.63, 3.8) is 0 Å². The molecule has 0 amide bonds. The first-order chi connectivity index (χ1) is 8.19. The van der Waals surface area contributed by atoms with Gasteiger partial charge in [0.25, 0.3) is 5.56 Å². The quantitative estimate of drug-likeness (QED) is 0.821. The van der Waals surface area contributed by atoms with E-state index in [2.05, 4.69) is 9.97 Å². The van der Waals surface area contributed by atoms with E-state index in [9.17, 15) is 4.79 Å². The van der Waals surface area contributed by atoms with Crippen molar-refractivity contribution < 1.29 is 4.74 Å². The summed E-state index contributed by atoms with van der Waals surface area (Å²) in [6, 6.07) is 1.44. The molecule has 1 aliphatic rings. The second kappa shape index (κ2) is 5.31. The molecule has 5 heteroatoms. The van der Waals surface area contributed by atoms with Gasteiger partial charge in [0.1, 0.15) is 11.9 Å². The largest absolute Gasteiger partial charge is 0.473 e. The minimum absolute atomic E-state index is 0.0113. The first kappa shape index (κ1) is 12.1. The van der Waals surface area contributed by atoms with E-state index in [1.807, 2.05) is 6.92 Å². The molecule has 2 atom stereocenters. The fourth-order valence-electron chi connectivity index (χ4n) is 2.14. The highest BCUT2D eigenvalue weighted by Crippen LogP contribution is 2.21. The Balaban J connectivity index is 2.11. The molecule has 1 heterocycles. The number of nitrogens with zero attached hydrogens (tertiary/aromatic N) is 1. The van der Waals surface area contributed by atoms with Gasteiger partial charge in [-0.25, -0.2) is 4.98 Å². The molecule has 94 valence electrons. The van der Waals surface area contributed by atoms with Crippen molar-refractivity contribution in [1.82, 2.24) is 9.97 Å². The second-order valence-electron chi connectivity index (χ2n) is 4.49. The van der Waals surface area contributed by atoms with Gasteiger partial charge in [-0.1, -0.05) is 13.3 Å². The van der Waals surface area contributed by atoms with Gasteiger partial charge in [0.15, 0.2) is 0 Å². The topological polar surface area (TPSA) is 81.0 Å². The van der Waals surface area contributed by atoms with E-state index in [1.54, 1.807) is 0 Å². The maximum absolute atomic E-state index is 11.4. The van der Waals surface area contributed by atoms with Crippen LogP contribution in [-0.4, -0.2) is 22.1 Å². The highest BCUT2D eigenvalue weighted by molar-refractivity contribution is 5.10. The Hall–Kier alpha value is -1.36. The van der Waals surface area contributed by atoms with Crippen molar-refractivity contribution in [2.45, 2.75) is 51.2 Å². The normalized spacial score (nSPS) is 24.6. The molecule has 0 saturated heterocycles. The van der Waals surface area contributed by atoms with Crippen molar-refractivity contribution in [2.24, 2.45) is 5.73 Å². The van der Waals surface area contributed by atoms with Crippen molar-refractivity contribution in [1.29, 1.82) is 0 Å². The molecular weight excluding hydrogens is 218 g/mol. The summed E-state index contributed by atoms with van der Waals surface area (Å²) in [4.78, 5) is 18.3. The molecule has 2 unspecified atom stereocenters. The summed E-state index contributed by atoms with van der Waals surface area (Å²) in [5.74, 6) is 1.05. The summed E-state index contributed by atoms with van der Waals surface area (Å²) in [5.41, 5.74) is 5.83. The molecule has 1 aromatic heterocycles. The number of aromatic nitrogens is 2. The van der Waals surface area contributed by atoms with Crippen LogP contribution >= 0.6 is 0 Å². The number of hydrogen-bond donors (Lipinski definition) is 2. The highest BCUT2D eigenvalue weighted by Gasteiger charge is 2.23. The van der Waals surface area contributed by atoms with Crippen LogP contribution < -0.4 is 16.0 Å². The van der Waals surface area contributed by atoms with E-state index < -0.39 is 0 Å². The third kappa shape index (κ3) is 3.06. The zero-order valence-corrected chi connectivity index (χ0v) is 10.1. The van der Waals surface area contributed by atoms with E-state index in [4.69, 9.17) is 10.5 Å². The van der Waals surface area contributed by atoms with Crippen LogP contribution in [0.15, 0.2) is 10.9 Å². The highest BCUT2D eigenvalue weighted by atomic mass is 16.5. The smallest absolute Gasteiger partial charge is 0.254 e. The maximum Gasteiger partial charge on any atom is 0.254 e. The van der Waals surface area contributed by atoms with Gasteiger partial charge < -0.3 is 15.5 Å². The number of nitrogens with two attached hydrogens (primary N) is 1. The second-order valence-corrected chi connectivity index (χ2v) is 4.49. The lowest BCUT2D eigenvalue weighted by Gasteiger charge is -2.28. The first-order valence-electron chi connectivity index (χ1n) is 6.21. The Morgan fingerprint density at radius 3 is 3.00 bits per heavy atom. The number of nitrogens with one attached hydrogen (secondary N) is 1. The molecule has 3 N–H and O–H groups in total. The summed E-state index contributed by atoms with van der Waals surface area (Å²) >= 11 is 0. The maximum atomic E-state index is 11.4. The lowest BCUT2D eigenvalue weighted by atomic mass is 9.93. The van der Waals surface area contributed by atoms with Gasteiger partial charge in [0.05, 0.1) is 6.07 Å². The Morgan fingerprint density at radius 1 is 1.53 bits per heavy atom. The minimum Gasteiger partial charge on any atom is -0.473 e. The van der Waals surface area contributed by atoms with E-state index in [1.165, 1.54) is 6.07 Å². The van der Waals surface area contributed by atoms with Crippen molar-refractivity contribution >= 4 is 0 Å². The van der Waals surface area contributed by atoms with Crippen LogP contribution in [0.25, 0.3) is 0 Å². The molecule has 1 aliphatic carbocycles. The number of hydrogen-bond acceptors (Lipinski definition) is 4. The average molecular weight is 237 g/mol. The van der Waals surface area contributed by atoms with E-state index >= 15 is 0 Å². The van der Waals surface area contributed by atoms with Crippen LogP contribution in [0.5, 0.6) is 5.88 Å². The van der Waals surface area contributed by atoms with Crippen LogP contribution in [0.4, 0.5) is 0 Å². The molecule has 0 bridgehead atoms. The molecule has 17 heavy (non-hydrogen) atoms. The van der Waals surface area contributed by atoms with Gasteiger partial charge in [0, 0.05) is 12.5 Å². The predicted molar refractivity (Wildman–Crippen MR) is 65.1 cm³/mol. The lowest BCUT2D eigenvalue weighted by molar-refractivity contribution is 0.126. The molecule has 5 nitrogen and oxygen atoms in total. The summed E-state index contributed by atoms with van der Waals surface area (Å²) in [6.45, 7) is 1.94. The molecule has 0 radical (unpaired) electrons. The summed E-state index contributed by atoms with van der Waals surface area (Å²) < 4.78 is 5.73. The first-order valence-corrected chi connectivity index (χ1v) is 6.21. The van der Waals surface area contributed by atoms with Gasteiger partial charge in [-0.15, -0.1) is 0 Å². The molecular formula is C12H19N3O2. The third-order valence-electron chi connectivity index (χ3n) is 3.13. The van der Waals surface area contributed by atoms with Crippen LogP contribution in [0.3, 0.4) is 0 Å². The van der Waals surface area contributed by atoms with Crippen LogP contribution in [-0.2, 0) is 6.42 Å². The number of aromatic amines is 1. The van der Waals surface area contributed by atoms with Crippen molar-refractivity contribution in [3.8, 4) is 5.88 Å². The monoisotopic (exact) mass is 237 g/mol. The molecule has 1 saturated carbocycles. The van der Waals surface area contributed by atoms with Crippen LogP contribution in [0.1, 0.15) is 38.4 Å². The third-order valence-corrected chi connectivity index (χ3v) is 3.13. The van der Waals surface area contributed by atoms with Gasteiger partial charge in [0.2, 0.25) is 5.88 Å². The average Bonchev–Trinajstić information content (AvgIpc) is 2.31. The lowest BCUT2D eigenvalue weighted by Crippen LogP contribution is -2.41. The number of aryl methyl sites for hydroxylation is 1. The van der Waals surface area contributed by atoms with Crippen LogP contribution in [0.2, 0.25) is 0 Å². The molecule has 2 rings (SSSR count). The summed E-state index contributed by atoms with van der Waals surface area (Å²) in [7, 11) is 0. The summed E-state index contributed by atoms with van der Waals surface area (Å²) in [6.07, 6.45) is 4.88. The van der Waals surface area contributed by atoms with Crippen LogP contribution in [0, 0.1) is 0 Å². The molecule has 0 aromatic carbocycles. The Bertz CT molecular complexity index is 430. The van der Waals surface area contributed by atoms with Gasteiger partial charge in [-0.3, -0.25) is 4.79 Å². The molecule has 1 fully saturated rings. The minimum atomic E-state index is -0.170. The number of H-pyrrole nitrogens is 1. The van der Waals surface area contributed by atoms with E-state index in [-0.39, 0.29) is 17.7 Å². The van der Waals surface area contributed by atoms with E-state index in [0.717, 1.165) is 25.7 Å². The Kier molecular flexibility index (Phi) is 3.78. The van der Waals surface area contributed by atoms with Gasteiger partial charge in [-0.05, 0) is 19.3 Å². The fourth-order valence-corrected chi connectivity index (χ4v) is 2.14. The number of rotatable bonds is 3. The fraction of sp³-hybridized carbons (Fsp3) is 0.667. The Morgan fingerprint density at radius 2 is 2.29 bits per heavy atom. The molecule has 0 spiro atoms. The summed E-state index contributed by atoms with van der Waals surface area (Å²) in [5, 5.41) is 0. The standard InChI is InChI=1S/C12H19N3O2/c1-2-10-14-11(16)7-12(15-10)17-9-6-4-3-5-8(9)13/h7-9H,2-6,13H2,1H3,(H,14,15,16). The van der Waals surface area contributed by atoms with Gasteiger partial charge in [-0.2, -0.15) is 0 Å².